The molecule has 0 radical (unpaired) electrons. The van der Waals surface area contributed by atoms with E-state index in [0.29, 0.717) is 59.6 Å². The molecular weight excluding hydrogens is 1050 g/mol. The Morgan fingerprint density at radius 1 is 0.840 bits per heavy atom. The first-order valence-electron chi connectivity index (χ1n) is 23.9. The number of allylic oxidation sites excluding steroid dienone is 9. The molecule has 2 aromatic rings. The van der Waals surface area contributed by atoms with Gasteiger partial charge in [-0.15, -0.1) is 5.06 Å². The molecule has 1 fully saturated rings. The zero-order valence-corrected chi connectivity index (χ0v) is 50.6. The van der Waals surface area contributed by atoms with Gasteiger partial charge in [-0.05, 0) is 81.4 Å². The van der Waals surface area contributed by atoms with Gasteiger partial charge in [-0.2, -0.15) is 4.58 Å². The van der Waals surface area contributed by atoms with E-state index in [0.717, 1.165) is 34.0 Å². The minimum absolute atomic E-state index is 0. The molecule has 1 atom stereocenters. The van der Waals surface area contributed by atoms with E-state index < -0.39 is 80.9 Å². The van der Waals surface area contributed by atoms with Gasteiger partial charge in [0.05, 0.1) is 36.1 Å². The molecule has 1 saturated heterocycles. The minimum Gasteiger partial charge on any atom is -0.748 e. The number of fused-ring (bicyclic) bond motifs is 3. The van der Waals surface area contributed by atoms with Crippen LogP contribution >= 0.6 is 0 Å². The fourth-order valence-electron chi connectivity index (χ4n) is 9.78. The summed E-state index contributed by atoms with van der Waals surface area (Å²) in [6.07, 6.45) is 14.0. The Kier molecular flexibility index (Phi) is 22.3. The Hall–Kier alpha value is -3.33. The van der Waals surface area contributed by atoms with Gasteiger partial charge in [-0.3, -0.25) is 9.59 Å². The number of nitrogens with zero attached hydrogens (tertiary/aromatic N) is 3. The Morgan fingerprint density at radius 2 is 1.47 bits per heavy atom. The molecule has 75 heavy (non-hydrogen) atoms. The number of rotatable bonds is 23. The molecule has 0 aromatic heterocycles. The molecule has 19 nitrogen and oxygen atoms in total. The first-order chi connectivity index (χ1) is 34.1. The van der Waals surface area contributed by atoms with E-state index >= 15 is 0 Å². The second-order valence-electron chi connectivity index (χ2n) is 19.8. The largest absolute Gasteiger partial charge is 1.00 e. The summed E-state index contributed by atoms with van der Waals surface area (Å²) in [4.78, 5) is 43.8. The number of hydrogen-bond acceptors (Lipinski definition) is 17. The molecule has 398 valence electrons. The number of anilines is 1. The summed E-state index contributed by atoms with van der Waals surface area (Å²) in [5.74, 6) is -2.14. The van der Waals surface area contributed by atoms with Crippen molar-refractivity contribution >= 4 is 76.4 Å². The van der Waals surface area contributed by atoms with Crippen molar-refractivity contribution in [2.45, 2.75) is 108 Å². The fraction of sp³-hybridized carbons (Fsp3) is 0.490. The van der Waals surface area contributed by atoms with Crippen LogP contribution in [0.2, 0.25) is 0 Å². The number of carbonyl (C=O) groups excluding carboxylic acids is 3. The molecule has 2 aromatic carbocycles. The van der Waals surface area contributed by atoms with Crippen molar-refractivity contribution in [3.63, 3.8) is 0 Å². The normalized spacial score (nSPS) is 19.1. The number of hydrogen-bond donors (Lipinski definition) is 0. The Balaban J connectivity index is 0.00000608. The van der Waals surface area contributed by atoms with E-state index in [2.05, 4.69) is 11.0 Å². The second-order valence-corrected chi connectivity index (χ2v) is 24.2. The molecule has 1 unspecified atom stereocenters. The summed E-state index contributed by atoms with van der Waals surface area (Å²) < 4.78 is 127. The predicted molar refractivity (Wildman–Crippen MR) is 269 cm³/mol. The van der Waals surface area contributed by atoms with E-state index in [1.165, 1.54) is 12.1 Å². The molecule has 4 heterocycles. The third-order valence-electron chi connectivity index (χ3n) is 13.4. The van der Waals surface area contributed by atoms with Gasteiger partial charge in [0.2, 0.25) is 5.69 Å². The molecular formula is C51H63N3Na2O16S3. The van der Waals surface area contributed by atoms with Crippen molar-refractivity contribution < 1.29 is 136 Å². The van der Waals surface area contributed by atoms with E-state index in [1.54, 1.807) is 43.9 Å². The van der Waals surface area contributed by atoms with Crippen LogP contribution in [-0.4, -0.2) is 130 Å². The smallest absolute Gasteiger partial charge is 0.748 e. The van der Waals surface area contributed by atoms with Gasteiger partial charge in [0.1, 0.15) is 28.2 Å². The number of methoxy groups -OCH3 is 2. The molecule has 0 aliphatic carbocycles. The molecule has 0 bridgehead atoms. The second kappa shape index (κ2) is 26.1. The summed E-state index contributed by atoms with van der Waals surface area (Å²) in [6, 6.07) is 7.82. The first kappa shape index (κ1) is 64.2. The van der Waals surface area contributed by atoms with E-state index in [9.17, 15) is 53.3 Å². The average molecular weight is 1120 g/mol. The predicted octanol–water partition coefficient (Wildman–Crippen LogP) is 0.157. The average Bonchev–Trinajstić information content (AvgIpc) is 3.73. The van der Waals surface area contributed by atoms with E-state index in [-0.39, 0.29) is 117 Å². The third-order valence-corrected chi connectivity index (χ3v) is 15.8. The molecule has 24 heteroatoms. The van der Waals surface area contributed by atoms with Crippen molar-refractivity contribution in [2.75, 3.05) is 56.9 Å². The number of carbonyl (C=O) groups is 3. The van der Waals surface area contributed by atoms with E-state index in [4.69, 9.17) is 19.0 Å². The zero-order valence-electron chi connectivity index (χ0n) is 44.1. The van der Waals surface area contributed by atoms with Crippen LogP contribution < -0.4 is 68.8 Å². The van der Waals surface area contributed by atoms with Gasteiger partial charge in [0.15, 0.2) is 5.71 Å². The number of imide groups is 1. The van der Waals surface area contributed by atoms with Crippen molar-refractivity contribution in [1.82, 2.24) is 5.06 Å². The van der Waals surface area contributed by atoms with Crippen LogP contribution in [0.15, 0.2) is 83.5 Å². The molecule has 4 aliphatic heterocycles. The summed E-state index contributed by atoms with van der Waals surface area (Å²) >= 11 is 0. The minimum atomic E-state index is -4.94. The summed E-state index contributed by atoms with van der Waals surface area (Å²) in [7, 11) is -10.8. The van der Waals surface area contributed by atoms with Crippen LogP contribution in [0.4, 0.5) is 11.4 Å². The monoisotopic (exact) mass is 1120 g/mol. The van der Waals surface area contributed by atoms with E-state index in [1.807, 2.05) is 58.1 Å². The Morgan fingerprint density at radius 3 is 2.05 bits per heavy atom. The van der Waals surface area contributed by atoms with Crippen molar-refractivity contribution in [3.8, 4) is 5.75 Å². The maximum atomic E-state index is 12.9. The van der Waals surface area contributed by atoms with Crippen molar-refractivity contribution in [1.29, 1.82) is 0 Å². The number of ether oxygens (including phenoxy) is 3. The van der Waals surface area contributed by atoms with Gasteiger partial charge >= 0.3 is 65.1 Å². The quantitative estimate of drug-likeness (QED) is 0.0471. The Bertz CT molecular complexity index is 3030. The van der Waals surface area contributed by atoms with Crippen LogP contribution in [0.3, 0.4) is 0 Å². The number of amides is 2. The topological polar surface area (TPSA) is 269 Å². The number of hydroxylamine groups is 2. The summed E-state index contributed by atoms with van der Waals surface area (Å²) in [6.45, 7) is 10.9. The van der Waals surface area contributed by atoms with Crippen LogP contribution in [0, 0.1) is 5.41 Å². The maximum absolute atomic E-state index is 12.9. The van der Waals surface area contributed by atoms with Crippen LogP contribution in [0.1, 0.15) is 109 Å². The first-order valence-corrected chi connectivity index (χ1v) is 28.4. The number of benzene rings is 2. The SMILES string of the molecule is COCCC1(CCOC)C=C(C)c2cc3c(cc2N1CCCS(=O)(=O)[O-])OC(C(C)(C)C)=CC3=CC=CC=CC1=[N+](CCCS(=O)(=O)[O-])c2ccc(S(=O)(=O)[O-])cc2C1(C)CCCC(=O)ON1C(=O)CCC1=O.[Na+].[Na+]. The van der Waals surface area contributed by atoms with Gasteiger partial charge in [0, 0.05) is 117 Å². The molecule has 0 spiro atoms. The van der Waals surface area contributed by atoms with Gasteiger partial charge in [0.25, 0.3) is 11.8 Å². The third kappa shape index (κ3) is 15.9. The van der Waals surface area contributed by atoms with Gasteiger partial charge in [-0.1, -0.05) is 51.2 Å². The van der Waals surface area contributed by atoms with Crippen molar-refractivity contribution in [3.05, 3.63) is 95.3 Å². The van der Waals surface area contributed by atoms with Crippen molar-refractivity contribution in [2.24, 2.45) is 5.41 Å². The van der Waals surface area contributed by atoms with Gasteiger partial charge < -0.3 is 37.6 Å². The summed E-state index contributed by atoms with van der Waals surface area (Å²) in [5, 5.41) is 0.448. The molecule has 0 saturated carbocycles. The maximum Gasteiger partial charge on any atom is 1.00 e. The molecule has 6 rings (SSSR count). The zero-order chi connectivity index (χ0) is 53.7. The molecule has 2 amide bonds. The standard InChI is InChI=1S/C51H65N3O16S3.2Na/c1-35-34-51(22-26-67-6,23-27-68-7)53(25-13-29-72(61,62)63)42-33-43-39(32-38(35)42)36(30-45(69-43)49(2,3)4)14-9-8-10-15-44-50(5,21-11-16-48(57)70-54-46(55)19-20-47(54)56)40-31-37(73(64,65)66)17-18-41(40)52(44)24-12-28-71(58,59)60;;/h8-10,14-15,17-18,30-34H,11-13,16,19-29H2,1-7H3,(H2-,58,59,60,61,62,63,64,65,66);;/q;2*+1/p-2. The molecule has 0 N–H and O–H groups in total. The van der Waals surface area contributed by atoms with Crippen LogP contribution in [0.5, 0.6) is 5.75 Å². The summed E-state index contributed by atoms with van der Waals surface area (Å²) in [5.41, 5.74) is 3.37. The van der Waals surface area contributed by atoms with Gasteiger partial charge in [-0.25, -0.2) is 30.0 Å². The van der Waals surface area contributed by atoms with Crippen LogP contribution in [-0.2, 0) is 64.5 Å². The Labute approximate surface area is 484 Å². The van der Waals surface area contributed by atoms with Crippen LogP contribution in [0.25, 0.3) is 11.1 Å². The fourth-order valence-corrected chi connectivity index (χ4v) is 11.2. The molecule has 4 aliphatic rings.